The lowest BCUT2D eigenvalue weighted by molar-refractivity contribution is 0.328. The van der Waals surface area contributed by atoms with Gasteiger partial charge in [-0.3, -0.25) is 0 Å². The Morgan fingerprint density at radius 2 is 1.56 bits per heavy atom. The molecular formula is C29H27F2N3. The SMILES string of the molecule is CC(C)Cc1ccc(-c2ccc(Cn3ccc4nc(C5=C(F)C(F)CC=C5)nc-4c3)cc2)cc1. The molecule has 0 aromatic heterocycles. The molecule has 0 amide bonds. The summed E-state index contributed by atoms with van der Waals surface area (Å²) in [5.41, 5.74) is 6.38. The molecule has 5 rings (SSSR count). The van der Waals surface area contributed by atoms with E-state index in [2.05, 4.69) is 72.3 Å². The molecule has 1 unspecified atom stereocenters. The first-order valence-electron chi connectivity index (χ1n) is 11.7. The summed E-state index contributed by atoms with van der Waals surface area (Å²) < 4.78 is 30.0. The zero-order valence-electron chi connectivity index (χ0n) is 19.4. The minimum absolute atomic E-state index is 0.0534. The lowest BCUT2D eigenvalue weighted by Crippen LogP contribution is -2.06. The summed E-state index contributed by atoms with van der Waals surface area (Å²) in [6, 6.07) is 19.2. The highest BCUT2D eigenvalue weighted by molar-refractivity contribution is 5.76. The topological polar surface area (TPSA) is 30.7 Å². The maximum absolute atomic E-state index is 14.2. The zero-order valence-corrected chi connectivity index (χ0v) is 19.4. The van der Waals surface area contributed by atoms with Crippen molar-refractivity contribution in [3.63, 3.8) is 0 Å². The summed E-state index contributed by atoms with van der Waals surface area (Å²) in [4.78, 5) is 8.85. The van der Waals surface area contributed by atoms with Crippen molar-refractivity contribution in [2.24, 2.45) is 5.92 Å². The Morgan fingerprint density at radius 3 is 2.24 bits per heavy atom. The predicted molar refractivity (Wildman–Crippen MR) is 133 cm³/mol. The fourth-order valence-electron chi connectivity index (χ4n) is 4.33. The highest BCUT2D eigenvalue weighted by Gasteiger charge is 2.24. The van der Waals surface area contributed by atoms with E-state index in [9.17, 15) is 8.78 Å². The standard InChI is InChI=1S/C29H27F2N3/c1-19(2)16-20-6-10-22(11-7-20)23-12-8-21(9-13-23)17-34-15-14-26-27(18-34)33-29(32-26)24-4-3-5-25(30)28(24)31/h3-4,6-15,18-19,25H,5,16-17H2,1-2H3. The molecule has 0 saturated heterocycles. The van der Waals surface area contributed by atoms with E-state index in [1.54, 1.807) is 12.2 Å². The molecule has 2 aromatic carbocycles. The molecule has 2 aromatic rings. The van der Waals surface area contributed by atoms with E-state index in [0.717, 1.165) is 12.0 Å². The first-order valence-corrected chi connectivity index (χ1v) is 11.7. The van der Waals surface area contributed by atoms with Gasteiger partial charge < -0.3 is 4.57 Å². The number of allylic oxidation sites excluding steroid dienone is 4. The average Bonchev–Trinajstić information content (AvgIpc) is 3.25. The summed E-state index contributed by atoms with van der Waals surface area (Å²) in [5.74, 6) is 0.0885. The van der Waals surface area contributed by atoms with Gasteiger partial charge in [-0.05, 0) is 40.7 Å². The Bertz CT molecular complexity index is 1310. The van der Waals surface area contributed by atoms with Gasteiger partial charge in [-0.15, -0.1) is 0 Å². The van der Waals surface area contributed by atoms with Crippen LogP contribution in [0, 0.1) is 5.92 Å². The van der Waals surface area contributed by atoms with Gasteiger partial charge in [0.2, 0.25) is 0 Å². The van der Waals surface area contributed by atoms with Gasteiger partial charge in [0.25, 0.3) is 0 Å². The molecule has 2 heterocycles. The smallest absolute Gasteiger partial charge is 0.163 e. The molecule has 5 heteroatoms. The second-order valence-corrected chi connectivity index (χ2v) is 9.29. The largest absolute Gasteiger partial charge is 0.348 e. The van der Waals surface area contributed by atoms with Crippen LogP contribution in [-0.4, -0.2) is 20.7 Å². The molecule has 0 spiro atoms. The first kappa shape index (κ1) is 22.2. The average molecular weight is 456 g/mol. The van der Waals surface area contributed by atoms with Crippen LogP contribution in [0.25, 0.3) is 28.1 Å². The van der Waals surface area contributed by atoms with Crippen molar-refractivity contribution < 1.29 is 8.78 Å². The lowest BCUT2D eigenvalue weighted by atomic mass is 9.98. The summed E-state index contributed by atoms with van der Waals surface area (Å²) in [6.07, 6.45) is 6.54. The molecule has 1 aliphatic carbocycles. The third-order valence-electron chi connectivity index (χ3n) is 6.08. The summed E-state index contributed by atoms with van der Waals surface area (Å²) in [5, 5.41) is 0. The number of hydrogen-bond acceptors (Lipinski definition) is 2. The minimum Gasteiger partial charge on any atom is -0.348 e. The molecule has 3 aliphatic rings. The molecule has 0 fully saturated rings. The monoisotopic (exact) mass is 455 g/mol. The predicted octanol–water partition coefficient (Wildman–Crippen LogP) is 7.28. The molecule has 2 aliphatic heterocycles. The molecular weight excluding hydrogens is 428 g/mol. The van der Waals surface area contributed by atoms with E-state index in [4.69, 9.17) is 0 Å². The Labute approximate surface area is 198 Å². The first-order chi connectivity index (χ1) is 16.5. The van der Waals surface area contributed by atoms with Crippen LogP contribution < -0.4 is 0 Å². The van der Waals surface area contributed by atoms with Crippen molar-refractivity contribution in [3.05, 3.63) is 102 Å². The lowest BCUT2D eigenvalue weighted by Gasteiger charge is -2.10. The molecule has 0 saturated carbocycles. The fourth-order valence-corrected chi connectivity index (χ4v) is 4.33. The highest BCUT2D eigenvalue weighted by atomic mass is 19.2. The Hall–Kier alpha value is -3.60. The van der Waals surface area contributed by atoms with Crippen molar-refractivity contribution in [3.8, 4) is 22.5 Å². The van der Waals surface area contributed by atoms with Crippen LogP contribution in [0.15, 0.2) is 85.0 Å². The second-order valence-electron chi connectivity index (χ2n) is 9.29. The summed E-state index contributed by atoms with van der Waals surface area (Å²) >= 11 is 0. The minimum atomic E-state index is -1.62. The zero-order chi connectivity index (χ0) is 23.7. The van der Waals surface area contributed by atoms with Crippen LogP contribution in [0.3, 0.4) is 0 Å². The molecule has 3 nitrogen and oxygen atoms in total. The van der Waals surface area contributed by atoms with Gasteiger partial charge in [-0.2, -0.15) is 0 Å². The molecule has 0 radical (unpaired) electrons. The van der Waals surface area contributed by atoms with Crippen LogP contribution in [-0.2, 0) is 13.0 Å². The maximum Gasteiger partial charge on any atom is 0.163 e. The van der Waals surface area contributed by atoms with E-state index < -0.39 is 12.0 Å². The number of halogens is 2. The van der Waals surface area contributed by atoms with Crippen molar-refractivity contribution >= 4 is 5.57 Å². The molecule has 172 valence electrons. The van der Waals surface area contributed by atoms with Crippen LogP contribution in [0.5, 0.6) is 0 Å². The third-order valence-corrected chi connectivity index (χ3v) is 6.08. The van der Waals surface area contributed by atoms with E-state index in [1.165, 1.54) is 16.7 Å². The summed E-state index contributed by atoms with van der Waals surface area (Å²) in [6.45, 7) is 5.14. The van der Waals surface area contributed by atoms with Gasteiger partial charge in [0.05, 0.1) is 11.3 Å². The van der Waals surface area contributed by atoms with Crippen LogP contribution in [0.4, 0.5) is 8.78 Å². The van der Waals surface area contributed by atoms with Crippen LogP contribution in [0.1, 0.15) is 37.2 Å². The number of nitrogens with zero attached hydrogens (tertiary/aromatic N) is 3. The van der Waals surface area contributed by atoms with Crippen molar-refractivity contribution in [2.45, 2.75) is 39.4 Å². The van der Waals surface area contributed by atoms with E-state index in [0.29, 0.717) is 23.9 Å². The van der Waals surface area contributed by atoms with Gasteiger partial charge in [0.15, 0.2) is 12.0 Å². The number of aromatic nitrogens is 3. The number of hydrogen-bond donors (Lipinski definition) is 0. The number of alkyl halides is 1. The van der Waals surface area contributed by atoms with Gasteiger partial charge in [-0.1, -0.05) is 74.5 Å². The van der Waals surface area contributed by atoms with Crippen molar-refractivity contribution in [1.82, 2.24) is 14.5 Å². The Kier molecular flexibility index (Phi) is 6.10. The van der Waals surface area contributed by atoms with Crippen molar-refractivity contribution in [2.75, 3.05) is 0 Å². The molecule has 34 heavy (non-hydrogen) atoms. The van der Waals surface area contributed by atoms with E-state index in [-0.39, 0.29) is 17.8 Å². The molecule has 0 N–H and O–H groups in total. The number of fused-ring (bicyclic) bond motifs is 1. The second kappa shape index (κ2) is 9.34. The van der Waals surface area contributed by atoms with Crippen molar-refractivity contribution in [1.29, 1.82) is 0 Å². The quantitative estimate of drug-likeness (QED) is 0.306. The van der Waals surface area contributed by atoms with E-state index >= 15 is 0 Å². The number of imidazole rings is 1. The number of benzene rings is 2. The van der Waals surface area contributed by atoms with E-state index in [1.807, 2.05) is 23.0 Å². The van der Waals surface area contributed by atoms with Gasteiger partial charge >= 0.3 is 0 Å². The normalized spacial score (nSPS) is 16.1. The number of pyridine rings is 1. The van der Waals surface area contributed by atoms with Gasteiger partial charge in [0.1, 0.15) is 11.5 Å². The highest BCUT2D eigenvalue weighted by Crippen LogP contribution is 2.31. The van der Waals surface area contributed by atoms with Crippen LogP contribution in [0.2, 0.25) is 0 Å². The maximum atomic E-state index is 14.2. The Morgan fingerprint density at radius 1 is 0.912 bits per heavy atom. The Balaban J connectivity index is 1.32. The molecule has 1 atom stereocenters. The van der Waals surface area contributed by atoms with Gasteiger partial charge in [0, 0.05) is 25.4 Å². The third kappa shape index (κ3) is 4.69. The van der Waals surface area contributed by atoms with Gasteiger partial charge in [-0.25, -0.2) is 18.7 Å². The number of rotatable bonds is 6. The molecule has 0 bridgehead atoms. The van der Waals surface area contributed by atoms with Crippen LogP contribution >= 0.6 is 0 Å². The summed E-state index contributed by atoms with van der Waals surface area (Å²) in [7, 11) is 0. The fraction of sp³-hybridized carbons (Fsp3) is 0.241.